The Bertz CT molecular complexity index is 2610. The number of phenolic OH excluding ortho intramolecular Hbond substituents is 1. The van der Waals surface area contributed by atoms with Crippen molar-refractivity contribution in [2.24, 2.45) is 4.99 Å². The maximum Gasteiger partial charge on any atom is 0.337 e. The van der Waals surface area contributed by atoms with E-state index in [2.05, 4.69) is 10.3 Å². The zero-order chi connectivity index (χ0) is 47.5. The molecule has 7 rings (SSSR count). The highest BCUT2D eigenvalue weighted by Crippen LogP contribution is 2.45. The SMILES string of the molecule is Cc1cc(C)cc(C2=C3N=CC=C3C[NH+]2OC2C(Oc3ccc4c(=O)c(-c5ccc(O)cc5)coc4c3)OC(C(O)OC(=O)C(NCCC=O)C(=O)O)C(O)(CO)C2(O)C(O)CCCO)c1. The predicted molar refractivity (Wildman–Crippen MR) is 231 cm³/mol. The molecule has 4 heterocycles. The fourth-order valence-corrected chi connectivity index (χ4v) is 8.51. The number of aromatic hydroxyl groups is 1. The summed E-state index contributed by atoms with van der Waals surface area (Å²) >= 11 is 0. The highest BCUT2D eigenvalue weighted by molar-refractivity contribution is 5.98. The van der Waals surface area contributed by atoms with Crippen LogP contribution in [0.5, 0.6) is 11.5 Å². The number of nitrogens with one attached hydrogen (secondary N) is 2. The molecule has 4 aromatic rings. The zero-order valence-electron chi connectivity index (χ0n) is 35.7. The van der Waals surface area contributed by atoms with Crippen molar-refractivity contribution in [2.75, 3.05) is 26.3 Å². The largest absolute Gasteiger partial charge is 0.508 e. The molecule has 3 aliphatic rings. The van der Waals surface area contributed by atoms with Crippen LogP contribution in [0.15, 0.2) is 98.5 Å². The number of aliphatic carboxylic acids is 1. The number of aliphatic hydroxyl groups is 6. The monoisotopic (exact) mass is 916 g/mol. The second-order valence-corrected chi connectivity index (χ2v) is 16.2. The van der Waals surface area contributed by atoms with Crippen molar-refractivity contribution in [1.82, 2.24) is 5.32 Å². The highest BCUT2D eigenvalue weighted by Gasteiger charge is 2.72. The van der Waals surface area contributed by atoms with Crippen LogP contribution < -0.4 is 20.5 Å². The third-order valence-corrected chi connectivity index (χ3v) is 11.7. The molecule has 20 heteroatoms. The minimum Gasteiger partial charge on any atom is -0.508 e. The molecule has 10 N–H and O–H groups in total. The van der Waals surface area contributed by atoms with Crippen molar-refractivity contribution in [3.8, 4) is 22.6 Å². The van der Waals surface area contributed by atoms with E-state index in [0.29, 0.717) is 34.4 Å². The fourth-order valence-electron chi connectivity index (χ4n) is 8.51. The maximum absolute atomic E-state index is 13.7. The topological polar surface area (TPSA) is 309 Å². The van der Waals surface area contributed by atoms with Crippen LogP contribution in [-0.2, 0) is 28.7 Å². The molecule has 9 atom stereocenters. The van der Waals surface area contributed by atoms with Crippen molar-refractivity contribution in [1.29, 1.82) is 0 Å². The Kier molecular flexibility index (Phi) is 14.3. The summed E-state index contributed by atoms with van der Waals surface area (Å²) in [5.74, 6) is -3.54. The molecule has 3 aromatic carbocycles. The molecular weight excluding hydrogens is 867 g/mol. The first-order valence-corrected chi connectivity index (χ1v) is 20.9. The first-order chi connectivity index (χ1) is 31.5. The lowest BCUT2D eigenvalue weighted by Gasteiger charge is -2.56. The molecule has 0 bridgehead atoms. The van der Waals surface area contributed by atoms with E-state index in [1.165, 1.54) is 48.7 Å². The average molecular weight is 917 g/mol. The maximum atomic E-state index is 13.7. The summed E-state index contributed by atoms with van der Waals surface area (Å²) in [6, 6.07) is 13.4. The number of aliphatic hydroxyl groups excluding tert-OH is 4. The number of nitrogens with zero attached hydrogens (tertiary/aromatic N) is 1. The van der Waals surface area contributed by atoms with E-state index in [1.807, 2.05) is 32.0 Å². The van der Waals surface area contributed by atoms with Crippen molar-refractivity contribution < 1.29 is 83.8 Å². The van der Waals surface area contributed by atoms with Crippen LogP contribution in [0, 0.1) is 13.8 Å². The molecular formula is C46H50N3O17+. The van der Waals surface area contributed by atoms with Crippen LogP contribution >= 0.6 is 0 Å². The number of carbonyl (C=O) groups excluding carboxylic acids is 2. The number of aliphatic imine (C=N–C) groups is 1. The van der Waals surface area contributed by atoms with Gasteiger partial charge in [-0.15, -0.1) is 0 Å². The number of phenols is 1. The third-order valence-electron chi connectivity index (χ3n) is 11.7. The van der Waals surface area contributed by atoms with E-state index >= 15 is 0 Å². The number of fused-ring (bicyclic) bond motifs is 2. The van der Waals surface area contributed by atoms with Gasteiger partial charge in [-0.2, -0.15) is 9.90 Å². The first-order valence-electron chi connectivity index (χ1n) is 20.9. The van der Waals surface area contributed by atoms with Crippen LogP contribution in [0.4, 0.5) is 0 Å². The standard InChI is InChI=1S/C46H49N3O17/c1-24-17-25(2)19-28(18-24)37-35-27(12-14-48-35)21-49(37)66-40-44(63-30-10-11-31-33(20-30)62-22-32(38(31)55)26-6-8-29(53)9-7-26)64-39(45(60,23-52)46(40,61)34(54)5-3-15-50)43(59)65-42(58)36(41(56)57)47-13-4-16-51/h6-12,14,16-20,22,34,36,39-40,43-44,47,50,52-54,59-61H,3-5,13,15,21,23H2,1-2H3,(H,56,57)/p+1. The molecule has 1 aromatic heterocycles. The van der Waals surface area contributed by atoms with Gasteiger partial charge in [-0.1, -0.05) is 29.3 Å². The Morgan fingerprint density at radius 2 is 1.76 bits per heavy atom. The molecule has 350 valence electrons. The normalized spacial score (nSPS) is 25.0. The number of quaternary nitrogens is 1. The molecule has 0 aliphatic carbocycles. The van der Waals surface area contributed by atoms with Crippen molar-refractivity contribution in [3.63, 3.8) is 0 Å². The number of benzene rings is 3. The number of carboxylic acid groups (broad SMARTS) is 1. The van der Waals surface area contributed by atoms with E-state index in [-0.39, 0.29) is 59.0 Å². The Morgan fingerprint density at radius 3 is 2.42 bits per heavy atom. The Balaban J connectivity index is 1.34. The molecule has 1 fully saturated rings. The lowest BCUT2D eigenvalue weighted by Crippen LogP contribution is -3.09. The molecule has 9 unspecified atom stereocenters. The summed E-state index contributed by atoms with van der Waals surface area (Å²) in [7, 11) is 0. The van der Waals surface area contributed by atoms with Crippen LogP contribution in [0.2, 0.25) is 0 Å². The van der Waals surface area contributed by atoms with E-state index in [0.717, 1.165) is 11.1 Å². The van der Waals surface area contributed by atoms with Crippen molar-refractivity contribution >= 4 is 41.1 Å². The van der Waals surface area contributed by atoms with Crippen LogP contribution in [0.3, 0.4) is 0 Å². The number of carboxylic acids is 1. The van der Waals surface area contributed by atoms with Crippen LogP contribution in [0.1, 0.15) is 36.0 Å². The quantitative estimate of drug-likeness (QED) is 0.0187. The summed E-state index contributed by atoms with van der Waals surface area (Å²) in [6.45, 7) is 1.52. The lowest BCUT2D eigenvalue weighted by molar-refractivity contribution is -1.04. The predicted octanol–water partition coefficient (Wildman–Crippen LogP) is -0.454. The number of aldehydes is 1. The van der Waals surface area contributed by atoms with E-state index < -0.39 is 85.1 Å². The summed E-state index contributed by atoms with van der Waals surface area (Å²) in [4.78, 5) is 61.1. The second kappa shape index (κ2) is 19.7. The van der Waals surface area contributed by atoms with Gasteiger partial charge in [0.1, 0.15) is 41.9 Å². The van der Waals surface area contributed by atoms with Gasteiger partial charge in [0.25, 0.3) is 0 Å². The Labute approximate surface area is 375 Å². The van der Waals surface area contributed by atoms with Gasteiger partial charge in [0, 0.05) is 43.0 Å². The minimum absolute atomic E-state index is 0.00431. The van der Waals surface area contributed by atoms with Gasteiger partial charge in [0.2, 0.25) is 24.7 Å². The highest BCUT2D eigenvalue weighted by atomic mass is 16.8. The van der Waals surface area contributed by atoms with E-state index in [4.69, 9.17) is 23.5 Å². The number of hydrogen-bond donors (Lipinski definition) is 10. The minimum atomic E-state index is -3.25. The number of carbonyl (C=O) groups is 3. The molecule has 20 nitrogen and oxygen atoms in total. The molecule has 0 spiro atoms. The number of allylic oxidation sites excluding steroid dienone is 1. The summed E-state index contributed by atoms with van der Waals surface area (Å²) in [5, 5.41) is 92.1. The summed E-state index contributed by atoms with van der Waals surface area (Å²) < 4.78 is 23.4. The first kappa shape index (κ1) is 47.8. The smallest absolute Gasteiger partial charge is 0.337 e. The number of esters is 1. The van der Waals surface area contributed by atoms with E-state index in [9.17, 15) is 60.0 Å². The molecule has 1 saturated heterocycles. The van der Waals surface area contributed by atoms with E-state index in [1.54, 1.807) is 12.3 Å². The second-order valence-electron chi connectivity index (χ2n) is 16.2. The number of rotatable bonds is 19. The van der Waals surface area contributed by atoms with Gasteiger partial charge in [0.15, 0.2) is 28.4 Å². The summed E-state index contributed by atoms with van der Waals surface area (Å²) in [6.07, 6.45) is -7.28. The Morgan fingerprint density at radius 1 is 1.03 bits per heavy atom. The molecule has 3 aliphatic heterocycles. The van der Waals surface area contributed by atoms with Gasteiger partial charge in [-0.05, 0) is 74.7 Å². The van der Waals surface area contributed by atoms with Crippen molar-refractivity contribution in [3.05, 3.63) is 111 Å². The third kappa shape index (κ3) is 9.16. The van der Waals surface area contributed by atoms with Crippen LogP contribution in [-0.4, -0.2) is 140 Å². The molecule has 0 radical (unpaired) electrons. The summed E-state index contributed by atoms with van der Waals surface area (Å²) in [5.41, 5.74) is -2.13. The number of aryl methyl sites for hydroxylation is 2. The van der Waals surface area contributed by atoms with Gasteiger partial charge in [0.05, 0.1) is 23.7 Å². The van der Waals surface area contributed by atoms with Gasteiger partial charge in [-0.3, -0.25) is 10.1 Å². The number of ether oxygens (including phenoxy) is 3. The molecule has 66 heavy (non-hydrogen) atoms. The van der Waals surface area contributed by atoms with Gasteiger partial charge in [-0.25, -0.2) is 14.6 Å². The lowest BCUT2D eigenvalue weighted by atomic mass is 9.68. The molecule has 0 amide bonds. The average Bonchev–Trinajstić information content (AvgIpc) is 3.88. The number of hydroxylamine groups is 2. The molecule has 0 saturated carbocycles. The van der Waals surface area contributed by atoms with Crippen LogP contribution in [0.25, 0.3) is 27.8 Å². The van der Waals surface area contributed by atoms with Gasteiger partial charge < -0.3 is 64.3 Å². The zero-order valence-corrected chi connectivity index (χ0v) is 35.7. The number of hydrogen-bond acceptors (Lipinski definition) is 18. The Hall–Kier alpha value is -6.17. The fraction of sp³-hybridized carbons (Fsp3) is 0.370. The van der Waals surface area contributed by atoms with Gasteiger partial charge >= 0.3 is 11.9 Å². The van der Waals surface area contributed by atoms with Crippen molar-refractivity contribution in [2.45, 2.75) is 81.2 Å².